The Hall–Kier alpha value is -3.46. The predicted molar refractivity (Wildman–Crippen MR) is 101 cm³/mol. The van der Waals surface area contributed by atoms with Gasteiger partial charge in [0.2, 0.25) is 0 Å². The SMILES string of the molecule is CC(NC(=O)c1ccccc1)C(=O)OCC(=O)Nc1ccc(Cl)c([N+](=O)[O-])c1. The lowest BCUT2D eigenvalue weighted by molar-refractivity contribution is -0.384. The average Bonchev–Trinajstić information content (AvgIpc) is 2.67. The summed E-state index contributed by atoms with van der Waals surface area (Å²) in [5, 5.41) is 15.6. The Morgan fingerprint density at radius 2 is 1.86 bits per heavy atom. The van der Waals surface area contributed by atoms with E-state index in [1.807, 2.05) is 0 Å². The van der Waals surface area contributed by atoms with Crippen molar-refractivity contribution in [1.82, 2.24) is 5.32 Å². The number of rotatable bonds is 7. The normalized spacial score (nSPS) is 11.2. The molecule has 9 nitrogen and oxygen atoms in total. The summed E-state index contributed by atoms with van der Waals surface area (Å²) in [4.78, 5) is 46.0. The van der Waals surface area contributed by atoms with E-state index in [2.05, 4.69) is 10.6 Å². The molecular weight excluding hydrogens is 390 g/mol. The predicted octanol–water partition coefficient (Wildman–Crippen LogP) is 2.55. The van der Waals surface area contributed by atoms with Crippen LogP contribution in [-0.2, 0) is 14.3 Å². The molecule has 2 N–H and O–H groups in total. The number of carbonyl (C=O) groups excluding carboxylic acids is 3. The van der Waals surface area contributed by atoms with Crippen LogP contribution >= 0.6 is 11.6 Å². The minimum absolute atomic E-state index is 0.0718. The number of carbonyl (C=O) groups is 3. The fraction of sp³-hybridized carbons (Fsp3) is 0.167. The monoisotopic (exact) mass is 405 g/mol. The van der Waals surface area contributed by atoms with Crippen LogP contribution in [0.25, 0.3) is 0 Å². The number of benzene rings is 2. The molecule has 1 atom stereocenters. The highest BCUT2D eigenvalue weighted by Crippen LogP contribution is 2.27. The van der Waals surface area contributed by atoms with Gasteiger partial charge in [-0.1, -0.05) is 29.8 Å². The molecule has 0 aromatic heterocycles. The fourth-order valence-corrected chi connectivity index (χ4v) is 2.30. The van der Waals surface area contributed by atoms with Crippen LogP contribution in [0.15, 0.2) is 48.5 Å². The van der Waals surface area contributed by atoms with Crippen LogP contribution in [0.1, 0.15) is 17.3 Å². The van der Waals surface area contributed by atoms with E-state index < -0.39 is 35.4 Å². The zero-order chi connectivity index (χ0) is 20.7. The highest BCUT2D eigenvalue weighted by molar-refractivity contribution is 6.32. The molecule has 0 saturated carbocycles. The van der Waals surface area contributed by atoms with Crippen LogP contribution in [0.2, 0.25) is 5.02 Å². The zero-order valence-electron chi connectivity index (χ0n) is 14.7. The summed E-state index contributed by atoms with van der Waals surface area (Å²) in [7, 11) is 0. The van der Waals surface area contributed by atoms with Crippen molar-refractivity contribution >= 4 is 40.8 Å². The van der Waals surface area contributed by atoms with Gasteiger partial charge in [-0.25, -0.2) is 4.79 Å². The van der Waals surface area contributed by atoms with E-state index in [0.29, 0.717) is 5.56 Å². The first-order valence-electron chi connectivity index (χ1n) is 8.04. The standard InChI is InChI=1S/C18H16ClN3O6/c1-11(20-17(24)12-5-3-2-4-6-12)18(25)28-10-16(23)21-13-7-8-14(19)15(9-13)22(26)27/h2-9,11H,10H2,1H3,(H,20,24)(H,21,23). The molecule has 0 aliphatic heterocycles. The Labute approximate surface area is 164 Å². The molecule has 2 aromatic carbocycles. The number of amides is 2. The maximum absolute atomic E-state index is 12.0. The number of hydrogen-bond donors (Lipinski definition) is 2. The summed E-state index contributed by atoms with van der Waals surface area (Å²) in [6.07, 6.45) is 0. The molecule has 0 saturated heterocycles. The van der Waals surface area contributed by atoms with Crippen molar-refractivity contribution in [3.05, 3.63) is 69.2 Å². The lowest BCUT2D eigenvalue weighted by Crippen LogP contribution is -2.40. The number of nitrogens with zero attached hydrogens (tertiary/aromatic N) is 1. The number of hydrogen-bond acceptors (Lipinski definition) is 6. The third-order valence-corrected chi connectivity index (χ3v) is 3.83. The Morgan fingerprint density at radius 3 is 2.50 bits per heavy atom. The summed E-state index contributed by atoms with van der Waals surface area (Å²) >= 11 is 5.69. The molecule has 2 aromatic rings. The van der Waals surface area contributed by atoms with Gasteiger partial charge in [0.05, 0.1) is 4.92 Å². The van der Waals surface area contributed by atoms with E-state index in [1.165, 1.54) is 19.1 Å². The molecule has 28 heavy (non-hydrogen) atoms. The summed E-state index contributed by atoms with van der Waals surface area (Å²) in [5.41, 5.74) is 0.139. The van der Waals surface area contributed by atoms with Crippen LogP contribution in [0.5, 0.6) is 0 Å². The van der Waals surface area contributed by atoms with Gasteiger partial charge in [-0.05, 0) is 31.2 Å². The van der Waals surface area contributed by atoms with E-state index in [1.54, 1.807) is 30.3 Å². The van der Waals surface area contributed by atoms with Crippen LogP contribution in [0.3, 0.4) is 0 Å². The summed E-state index contributed by atoms with van der Waals surface area (Å²) in [6.45, 7) is 0.796. The fourth-order valence-electron chi connectivity index (χ4n) is 2.12. The Bertz CT molecular complexity index is 903. The smallest absolute Gasteiger partial charge is 0.328 e. The lowest BCUT2D eigenvalue weighted by atomic mass is 10.2. The number of esters is 1. The van der Waals surface area contributed by atoms with Gasteiger partial charge in [0.1, 0.15) is 11.1 Å². The summed E-state index contributed by atoms with van der Waals surface area (Å²) in [5.74, 6) is -1.96. The molecule has 10 heteroatoms. The summed E-state index contributed by atoms with van der Waals surface area (Å²) in [6, 6.07) is 11.1. The van der Waals surface area contributed by atoms with Gasteiger partial charge in [0.25, 0.3) is 17.5 Å². The maximum atomic E-state index is 12.0. The third kappa shape index (κ3) is 5.78. The van der Waals surface area contributed by atoms with Crippen molar-refractivity contribution < 1.29 is 24.0 Å². The number of ether oxygens (including phenoxy) is 1. The highest BCUT2D eigenvalue weighted by atomic mass is 35.5. The molecule has 1 unspecified atom stereocenters. The van der Waals surface area contributed by atoms with Crippen molar-refractivity contribution in [3.8, 4) is 0 Å². The van der Waals surface area contributed by atoms with Gasteiger partial charge >= 0.3 is 5.97 Å². The minimum Gasteiger partial charge on any atom is -0.454 e. The van der Waals surface area contributed by atoms with Gasteiger partial charge in [-0.2, -0.15) is 0 Å². The average molecular weight is 406 g/mol. The minimum atomic E-state index is -0.975. The molecule has 0 bridgehead atoms. The molecule has 146 valence electrons. The van der Waals surface area contributed by atoms with E-state index in [-0.39, 0.29) is 16.4 Å². The first-order valence-corrected chi connectivity index (χ1v) is 8.42. The Kier molecular flexibility index (Phi) is 7.05. The van der Waals surface area contributed by atoms with Crippen molar-refractivity contribution in [1.29, 1.82) is 0 Å². The number of nitrogens with one attached hydrogen (secondary N) is 2. The Morgan fingerprint density at radius 1 is 1.18 bits per heavy atom. The number of halogens is 1. The third-order valence-electron chi connectivity index (χ3n) is 3.51. The quantitative estimate of drug-likeness (QED) is 0.414. The first-order chi connectivity index (χ1) is 13.3. The number of nitro benzene ring substituents is 1. The molecule has 0 spiro atoms. The molecular formula is C18H16ClN3O6. The molecule has 0 heterocycles. The van der Waals surface area contributed by atoms with Crippen LogP contribution in [0, 0.1) is 10.1 Å². The molecule has 0 aliphatic carbocycles. The van der Waals surface area contributed by atoms with Crippen LogP contribution < -0.4 is 10.6 Å². The van der Waals surface area contributed by atoms with Gasteiger partial charge < -0.3 is 15.4 Å². The van der Waals surface area contributed by atoms with Crippen LogP contribution in [0.4, 0.5) is 11.4 Å². The van der Waals surface area contributed by atoms with Gasteiger partial charge in [0.15, 0.2) is 6.61 Å². The largest absolute Gasteiger partial charge is 0.454 e. The second-order valence-electron chi connectivity index (χ2n) is 5.64. The van der Waals surface area contributed by atoms with Crippen molar-refractivity contribution in [2.45, 2.75) is 13.0 Å². The Balaban J connectivity index is 1.85. The van der Waals surface area contributed by atoms with Crippen molar-refractivity contribution in [2.24, 2.45) is 0 Å². The first kappa shape index (κ1) is 20.8. The van der Waals surface area contributed by atoms with Crippen molar-refractivity contribution in [3.63, 3.8) is 0 Å². The van der Waals surface area contributed by atoms with E-state index >= 15 is 0 Å². The lowest BCUT2D eigenvalue weighted by Gasteiger charge is -2.13. The second kappa shape index (κ2) is 9.47. The number of nitro groups is 1. The van der Waals surface area contributed by atoms with E-state index in [9.17, 15) is 24.5 Å². The summed E-state index contributed by atoms with van der Waals surface area (Å²) < 4.78 is 4.85. The van der Waals surface area contributed by atoms with Gasteiger partial charge in [-0.3, -0.25) is 19.7 Å². The molecule has 2 rings (SSSR count). The molecule has 0 aliphatic rings. The van der Waals surface area contributed by atoms with Crippen molar-refractivity contribution in [2.75, 3.05) is 11.9 Å². The topological polar surface area (TPSA) is 128 Å². The molecule has 0 radical (unpaired) electrons. The molecule has 0 fully saturated rings. The highest BCUT2D eigenvalue weighted by Gasteiger charge is 2.19. The zero-order valence-corrected chi connectivity index (χ0v) is 15.4. The van der Waals surface area contributed by atoms with E-state index in [0.717, 1.165) is 6.07 Å². The van der Waals surface area contributed by atoms with Gasteiger partial charge in [-0.15, -0.1) is 0 Å². The van der Waals surface area contributed by atoms with Gasteiger partial charge in [0, 0.05) is 17.3 Å². The second-order valence-corrected chi connectivity index (χ2v) is 6.05. The maximum Gasteiger partial charge on any atom is 0.328 e. The van der Waals surface area contributed by atoms with E-state index in [4.69, 9.17) is 16.3 Å². The number of anilines is 1. The van der Waals surface area contributed by atoms with Crippen LogP contribution in [-0.4, -0.2) is 35.4 Å². The molecule has 2 amide bonds.